The van der Waals surface area contributed by atoms with Gasteiger partial charge in [-0.2, -0.15) is 0 Å². The Bertz CT molecular complexity index is 52.6. The van der Waals surface area contributed by atoms with Crippen LogP contribution in [0.15, 0.2) is 0 Å². The molecule has 1 nitrogen and oxygen atoms in total. The van der Waals surface area contributed by atoms with E-state index in [1.807, 2.05) is 0 Å². The Morgan fingerprint density at radius 1 is 0.889 bits per heavy atom. The quantitative estimate of drug-likeness (QED) is 0.349. The van der Waals surface area contributed by atoms with Gasteiger partial charge in [0.15, 0.2) is 0 Å². The zero-order valence-electron chi connectivity index (χ0n) is 6.29. The molecule has 5 heteroatoms. The molecule has 0 spiro atoms. The van der Waals surface area contributed by atoms with Gasteiger partial charge in [-0.3, -0.25) is 0 Å². The molecule has 0 aliphatic carbocycles. The maximum absolute atomic E-state index is 9.75. The van der Waals surface area contributed by atoms with Gasteiger partial charge >= 0.3 is 7.54 Å². The number of quaternary nitrogens is 1. The standard InChI is InChI=1S/C4H12N.BF3H/c1-5(2,3)4;2-1(3)4/h1-4H3;1H/q+1;-1. The molecule has 58 valence electrons. The lowest BCUT2D eigenvalue weighted by molar-refractivity contribution is -0.849. The molecule has 0 bridgehead atoms. The summed E-state index contributed by atoms with van der Waals surface area (Å²) in [6.07, 6.45) is 0. The molecule has 0 saturated heterocycles. The van der Waals surface area contributed by atoms with E-state index in [0.717, 1.165) is 4.48 Å². The van der Waals surface area contributed by atoms with Crippen LogP contribution in [0.5, 0.6) is 0 Å². The monoisotopic (exact) mass is 143 g/mol. The van der Waals surface area contributed by atoms with Crippen LogP contribution < -0.4 is 0 Å². The van der Waals surface area contributed by atoms with E-state index < -0.39 is 7.54 Å². The van der Waals surface area contributed by atoms with Crippen molar-refractivity contribution in [1.29, 1.82) is 0 Å². The average Bonchev–Trinajstić information content (AvgIpc) is 1.19. The summed E-state index contributed by atoms with van der Waals surface area (Å²) < 4.78 is 30.2. The van der Waals surface area contributed by atoms with Crippen LogP contribution in [-0.2, 0) is 0 Å². The molecular formula is C4H13BF3N. The molecule has 0 amide bonds. The lowest BCUT2D eigenvalue weighted by Crippen LogP contribution is -2.27. The molecule has 0 aromatic carbocycles. The van der Waals surface area contributed by atoms with Gasteiger partial charge in [0.25, 0.3) is 0 Å². The Labute approximate surface area is 54.3 Å². The molecule has 0 aromatic heterocycles. The highest BCUT2D eigenvalue weighted by atomic mass is 19.4. The van der Waals surface area contributed by atoms with E-state index in [1.54, 1.807) is 0 Å². The lowest BCUT2D eigenvalue weighted by Gasteiger charge is -2.14. The van der Waals surface area contributed by atoms with Gasteiger partial charge in [-0.05, 0) is 0 Å². The molecule has 0 N–H and O–H groups in total. The lowest BCUT2D eigenvalue weighted by atomic mass is 10.5. The summed E-state index contributed by atoms with van der Waals surface area (Å²) in [4.78, 5) is 0. The first-order valence-electron chi connectivity index (χ1n) is 2.59. The molecular weight excluding hydrogens is 130 g/mol. The smallest absolute Gasteiger partial charge is 0.452 e. The molecule has 0 unspecified atom stereocenters. The Balaban J connectivity index is 0. The van der Waals surface area contributed by atoms with E-state index in [-0.39, 0.29) is 0 Å². The van der Waals surface area contributed by atoms with Crippen LogP contribution >= 0.6 is 0 Å². The van der Waals surface area contributed by atoms with Gasteiger partial charge < -0.3 is 17.4 Å². The molecule has 0 heterocycles. The molecule has 0 radical (unpaired) electrons. The molecule has 0 saturated carbocycles. The number of hydrogen-bond acceptors (Lipinski definition) is 0. The Morgan fingerprint density at radius 3 is 0.889 bits per heavy atom. The van der Waals surface area contributed by atoms with E-state index in [2.05, 4.69) is 28.2 Å². The first kappa shape index (κ1) is 11.6. The summed E-state index contributed by atoms with van der Waals surface area (Å²) in [5, 5.41) is 0. The number of halogens is 3. The first-order valence-corrected chi connectivity index (χ1v) is 2.59. The van der Waals surface area contributed by atoms with Gasteiger partial charge in [-0.25, -0.2) is 0 Å². The van der Waals surface area contributed by atoms with E-state index in [0.29, 0.717) is 0 Å². The third-order valence-corrected chi connectivity index (χ3v) is 0. The summed E-state index contributed by atoms with van der Waals surface area (Å²) in [5.41, 5.74) is 0. The Kier molecular flexibility index (Phi) is 6.02. The second kappa shape index (κ2) is 4.67. The summed E-state index contributed by atoms with van der Waals surface area (Å²) in [6.45, 7) is 0. The summed E-state index contributed by atoms with van der Waals surface area (Å²) in [6, 6.07) is 0. The van der Waals surface area contributed by atoms with Crippen LogP contribution in [0.4, 0.5) is 12.9 Å². The van der Waals surface area contributed by atoms with E-state index in [1.165, 1.54) is 0 Å². The van der Waals surface area contributed by atoms with Crippen molar-refractivity contribution in [2.45, 2.75) is 0 Å². The second-order valence-corrected chi connectivity index (χ2v) is 2.99. The van der Waals surface area contributed by atoms with Crippen molar-refractivity contribution in [2.24, 2.45) is 0 Å². The number of rotatable bonds is 0. The van der Waals surface area contributed by atoms with Gasteiger partial charge in [0.1, 0.15) is 0 Å². The van der Waals surface area contributed by atoms with Crippen molar-refractivity contribution in [3.8, 4) is 0 Å². The number of nitrogens with zero attached hydrogens (tertiary/aromatic N) is 1. The van der Waals surface area contributed by atoms with Crippen LogP contribution in [0.3, 0.4) is 0 Å². The highest BCUT2D eigenvalue weighted by molar-refractivity contribution is 6.33. The fraction of sp³-hybridized carbons (Fsp3) is 1.00. The highest BCUT2D eigenvalue weighted by Gasteiger charge is 1.88. The van der Waals surface area contributed by atoms with E-state index in [4.69, 9.17) is 0 Å². The van der Waals surface area contributed by atoms with Crippen LogP contribution in [0.25, 0.3) is 0 Å². The average molecular weight is 143 g/mol. The Morgan fingerprint density at radius 2 is 0.889 bits per heavy atom. The third kappa shape index (κ3) is 7720. The van der Waals surface area contributed by atoms with Crippen LogP contribution in [0.2, 0.25) is 0 Å². The predicted molar refractivity (Wildman–Crippen MR) is 34.4 cm³/mol. The minimum Gasteiger partial charge on any atom is -0.452 e. The fourth-order valence-electron chi connectivity index (χ4n) is 0. The molecule has 0 aliphatic rings. The SMILES string of the molecule is C[N+](C)(C)C.F[BH-](F)F. The van der Waals surface area contributed by atoms with Gasteiger partial charge in [0.2, 0.25) is 0 Å². The maximum atomic E-state index is 9.75. The van der Waals surface area contributed by atoms with E-state index >= 15 is 0 Å². The summed E-state index contributed by atoms with van der Waals surface area (Å²) in [5.74, 6) is 0. The van der Waals surface area contributed by atoms with Crippen LogP contribution in [0.1, 0.15) is 0 Å². The highest BCUT2D eigenvalue weighted by Crippen LogP contribution is 1.80. The molecule has 0 atom stereocenters. The minimum atomic E-state index is -4.25. The van der Waals surface area contributed by atoms with Crippen molar-refractivity contribution in [2.75, 3.05) is 28.2 Å². The largest absolute Gasteiger partial charge is 0.464 e. The van der Waals surface area contributed by atoms with Crippen molar-refractivity contribution >= 4 is 7.54 Å². The predicted octanol–water partition coefficient (Wildman–Crippen LogP) is 0.935. The van der Waals surface area contributed by atoms with Gasteiger partial charge in [-0.1, -0.05) is 0 Å². The van der Waals surface area contributed by atoms with Crippen molar-refractivity contribution in [3.05, 3.63) is 0 Å². The molecule has 0 fully saturated rings. The van der Waals surface area contributed by atoms with Gasteiger partial charge in [0.05, 0.1) is 28.2 Å². The summed E-state index contributed by atoms with van der Waals surface area (Å²) in [7, 11) is 4.25. The van der Waals surface area contributed by atoms with Gasteiger partial charge in [-0.15, -0.1) is 0 Å². The summed E-state index contributed by atoms with van der Waals surface area (Å²) >= 11 is 0. The van der Waals surface area contributed by atoms with E-state index in [9.17, 15) is 12.9 Å². The Hall–Kier alpha value is -0.185. The first-order chi connectivity index (χ1) is 3.73. The molecule has 9 heavy (non-hydrogen) atoms. The normalized spacial score (nSPS) is 10.7. The topological polar surface area (TPSA) is 0 Å². The maximum Gasteiger partial charge on any atom is 0.464 e. The molecule has 0 aromatic rings. The third-order valence-electron chi connectivity index (χ3n) is 0. The van der Waals surface area contributed by atoms with Gasteiger partial charge in [0, 0.05) is 0 Å². The van der Waals surface area contributed by atoms with Crippen molar-refractivity contribution in [1.82, 2.24) is 0 Å². The molecule has 0 aliphatic heterocycles. The van der Waals surface area contributed by atoms with Crippen molar-refractivity contribution < 1.29 is 17.4 Å². The molecule has 0 rings (SSSR count). The fourth-order valence-corrected chi connectivity index (χ4v) is 0. The van der Waals surface area contributed by atoms with Crippen molar-refractivity contribution in [3.63, 3.8) is 0 Å². The zero-order valence-corrected chi connectivity index (χ0v) is 6.29. The van der Waals surface area contributed by atoms with Crippen LogP contribution in [-0.4, -0.2) is 40.2 Å². The number of hydrogen-bond donors (Lipinski definition) is 0. The zero-order chi connectivity index (χ0) is 8.08. The second-order valence-electron chi connectivity index (χ2n) is 2.99. The minimum absolute atomic E-state index is 1.00. The van der Waals surface area contributed by atoms with Crippen LogP contribution in [0, 0.1) is 0 Å².